The fraction of sp³-hybridized carbons (Fsp3) is 0.767. The zero-order valence-corrected chi connectivity index (χ0v) is 24.1. The van der Waals surface area contributed by atoms with Gasteiger partial charge in [0.1, 0.15) is 0 Å². The number of carbonyl (C=O) groups is 1. The minimum absolute atomic E-state index is 0.0936. The average molecular weight is 521 g/mol. The van der Waals surface area contributed by atoms with E-state index < -0.39 is 0 Å². The predicted molar refractivity (Wildman–Crippen MR) is 154 cm³/mol. The molecule has 0 saturated carbocycles. The quantitative estimate of drug-likeness (QED) is 0.162. The van der Waals surface area contributed by atoms with Crippen molar-refractivity contribution in [3.05, 3.63) is 23.8 Å². The molecule has 1 aliphatic heterocycles. The van der Waals surface area contributed by atoms with Gasteiger partial charge >= 0.3 is 0 Å². The van der Waals surface area contributed by atoms with Gasteiger partial charge in [-0.25, -0.2) is 0 Å². The number of nitrogens with one attached hydrogen (secondary N) is 2. The molecule has 2 rings (SSSR count). The summed E-state index contributed by atoms with van der Waals surface area (Å²) in [5.41, 5.74) is 1.10. The van der Waals surface area contributed by atoms with E-state index in [1.165, 1.54) is 96.3 Å². The summed E-state index contributed by atoms with van der Waals surface area (Å²) in [7, 11) is 3.28. The van der Waals surface area contributed by atoms with Gasteiger partial charge in [0.25, 0.3) is 0 Å². The number of benzene rings is 1. The Kier molecular flexibility index (Phi) is 16.8. The summed E-state index contributed by atoms with van der Waals surface area (Å²) < 4.78 is 10.7. The second kappa shape index (κ2) is 19.7. The van der Waals surface area contributed by atoms with E-state index in [0.717, 1.165) is 30.0 Å². The van der Waals surface area contributed by atoms with E-state index in [9.17, 15) is 4.79 Å². The average Bonchev–Trinajstić information content (AvgIpc) is 3.40. The lowest BCUT2D eigenvalue weighted by Gasteiger charge is -2.15. The Labute approximate surface area is 225 Å². The molecule has 1 amide bonds. The molecule has 1 saturated heterocycles. The van der Waals surface area contributed by atoms with Crippen molar-refractivity contribution in [2.24, 2.45) is 0 Å². The summed E-state index contributed by atoms with van der Waals surface area (Å²) in [6.07, 6.45) is 21.8. The van der Waals surface area contributed by atoms with Crippen LogP contribution in [-0.2, 0) is 4.79 Å². The van der Waals surface area contributed by atoms with Crippen LogP contribution in [0.5, 0.6) is 11.5 Å². The molecule has 1 fully saturated rings. The van der Waals surface area contributed by atoms with E-state index in [1.807, 2.05) is 18.2 Å². The minimum atomic E-state index is -0.144. The lowest BCUT2D eigenvalue weighted by molar-refractivity contribution is -0.122. The van der Waals surface area contributed by atoms with Crippen LogP contribution in [0.2, 0.25) is 0 Å². The summed E-state index contributed by atoms with van der Waals surface area (Å²) in [5.74, 6) is 2.33. The Balaban J connectivity index is 1.42. The maximum atomic E-state index is 12.6. The van der Waals surface area contributed by atoms with Crippen LogP contribution in [0.4, 0.5) is 0 Å². The van der Waals surface area contributed by atoms with Crippen molar-refractivity contribution in [2.45, 2.75) is 121 Å². The molecule has 2 N–H and O–H groups in total. The molecule has 0 aliphatic carbocycles. The molecule has 2 atom stereocenters. The Morgan fingerprint density at radius 3 is 1.89 bits per heavy atom. The second-order valence-corrected chi connectivity index (χ2v) is 11.3. The molecule has 0 aromatic heterocycles. The van der Waals surface area contributed by atoms with Crippen LogP contribution in [0, 0.1) is 0 Å². The Hall–Kier alpha value is -1.40. The van der Waals surface area contributed by atoms with Gasteiger partial charge in [0.05, 0.1) is 25.6 Å². The van der Waals surface area contributed by atoms with Crippen molar-refractivity contribution >= 4 is 17.7 Å². The normalized spacial score (nSPS) is 17.3. The van der Waals surface area contributed by atoms with Crippen LogP contribution >= 0.6 is 11.8 Å². The molecule has 36 heavy (non-hydrogen) atoms. The summed E-state index contributed by atoms with van der Waals surface area (Å²) in [5, 5.41) is 6.68. The molecule has 206 valence electrons. The summed E-state index contributed by atoms with van der Waals surface area (Å²) >= 11 is 1.76. The highest BCUT2D eigenvalue weighted by molar-refractivity contribution is 7.99. The molecule has 1 aromatic carbocycles. The van der Waals surface area contributed by atoms with Crippen LogP contribution in [0.25, 0.3) is 0 Å². The number of ether oxygens (including phenoxy) is 2. The van der Waals surface area contributed by atoms with E-state index in [4.69, 9.17) is 9.47 Å². The van der Waals surface area contributed by atoms with E-state index in [-0.39, 0.29) is 17.3 Å². The van der Waals surface area contributed by atoms with Gasteiger partial charge in [0.15, 0.2) is 11.5 Å². The van der Waals surface area contributed by atoms with Crippen LogP contribution < -0.4 is 20.1 Å². The van der Waals surface area contributed by atoms with Crippen LogP contribution in [0.15, 0.2) is 18.2 Å². The highest BCUT2D eigenvalue weighted by atomic mass is 32.2. The SMILES string of the molecule is CCCCCCCCCCCCCCCCCCNC(=O)[C@H]1CSC(c2ccc(OC)c(OC)c2)N1. The number of amides is 1. The standard InChI is InChI=1S/C30H52N2O3S/c1-4-5-6-7-8-9-10-11-12-13-14-15-16-17-18-19-22-31-29(33)26-24-36-30(32-26)25-20-21-27(34-2)28(23-25)35-3/h20-21,23,26,30,32H,4-19,22,24H2,1-3H3,(H,31,33)/t26-,30?/m1/s1. The lowest BCUT2D eigenvalue weighted by Crippen LogP contribution is -2.42. The highest BCUT2D eigenvalue weighted by Crippen LogP contribution is 2.37. The first kappa shape index (κ1) is 30.8. The van der Waals surface area contributed by atoms with E-state index in [0.29, 0.717) is 5.75 Å². The second-order valence-electron chi connectivity index (χ2n) is 10.1. The fourth-order valence-corrected chi connectivity index (χ4v) is 6.07. The fourth-order valence-electron chi connectivity index (χ4n) is 4.84. The number of unbranched alkanes of at least 4 members (excludes halogenated alkanes) is 15. The molecule has 6 heteroatoms. The monoisotopic (exact) mass is 520 g/mol. The molecule has 1 aliphatic rings. The maximum Gasteiger partial charge on any atom is 0.238 e. The van der Waals surface area contributed by atoms with Crippen molar-refractivity contribution in [1.82, 2.24) is 10.6 Å². The molecule has 0 radical (unpaired) electrons. The first-order chi connectivity index (χ1) is 17.7. The van der Waals surface area contributed by atoms with E-state index in [1.54, 1.807) is 26.0 Å². The molecule has 1 heterocycles. The van der Waals surface area contributed by atoms with Crippen molar-refractivity contribution in [3.8, 4) is 11.5 Å². The van der Waals surface area contributed by atoms with Gasteiger partial charge in [-0.3, -0.25) is 10.1 Å². The largest absolute Gasteiger partial charge is 0.493 e. The molecule has 5 nitrogen and oxygen atoms in total. The number of rotatable bonds is 21. The lowest BCUT2D eigenvalue weighted by atomic mass is 10.0. The van der Waals surface area contributed by atoms with Gasteiger partial charge in [-0.1, -0.05) is 109 Å². The van der Waals surface area contributed by atoms with Crippen LogP contribution in [0.1, 0.15) is 121 Å². The third-order valence-corrected chi connectivity index (χ3v) is 8.41. The van der Waals surface area contributed by atoms with Crippen molar-refractivity contribution in [1.29, 1.82) is 0 Å². The van der Waals surface area contributed by atoms with Crippen molar-refractivity contribution < 1.29 is 14.3 Å². The number of hydrogen-bond acceptors (Lipinski definition) is 5. The number of thioether (sulfide) groups is 1. The number of hydrogen-bond donors (Lipinski definition) is 2. The third-order valence-electron chi connectivity index (χ3n) is 7.14. The van der Waals surface area contributed by atoms with Crippen molar-refractivity contribution in [3.63, 3.8) is 0 Å². The topological polar surface area (TPSA) is 59.6 Å². The molecule has 0 bridgehead atoms. The van der Waals surface area contributed by atoms with Gasteiger partial charge in [0, 0.05) is 12.3 Å². The predicted octanol–water partition coefficient (Wildman–Crippen LogP) is 7.79. The molecule has 1 aromatic rings. The summed E-state index contributed by atoms with van der Waals surface area (Å²) in [6.45, 7) is 3.06. The molecule has 0 spiro atoms. The minimum Gasteiger partial charge on any atom is -0.493 e. The van der Waals surface area contributed by atoms with Crippen LogP contribution in [-0.4, -0.2) is 38.5 Å². The first-order valence-electron chi connectivity index (χ1n) is 14.6. The Morgan fingerprint density at radius 1 is 0.833 bits per heavy atom. The van der Waals surface area contributed by atoms with Gasteiger partial charge in [-0.05, 0) is 24.1 Å². The maximum absolute atomic E-state index is 12.6. The Morgan fingerprint density at radius 2 is 1.36 bits per heavy atom. The molecule has 1 unspecified atom stereocenters. The van der Waals surface area contributed by atoms with Crippen LogP contribution in [0.3, 0.4) is 0 Å². The first-order valence-corrected chi connectivity index (χ1v) is 15.6. The van der Waals surface area contributed by atoms with Crippen molar-refractivity contribution in [2.75, 3.05) is 26.5 Å². The zero-order chi connectivity index (χ0) is 25.8. The zero-order valence-electron chi connectivity index (χ0n) is 23.2. The van der Waals surface area contributed by atoms with Gasteiger partial charge in [0.2, 0.25) is 5.91 Å². The van der Waals surface area contributed by atoms with Gasteiger partial charge in [-0.2, -0.15) is 0 Å². The number of methoxy groups -OCH3 is 2. The third kappa shape index (κ3) is 12.2. The van der Waals surface area contributed by atoms with Gasteiger partial charge < -0.3 is 14.8 Å². The number of carbonyl (C=O) groups excluding carboxylic acids is 1. The Bertz CT molecular complexity index is 715. The van der Waals surface area contributed by atoms with Gasteiger partial charge in [-0.15, -0.1) is 11.8 Å². The van der Waals surface area contributed by atoms with E-state index in [2.05, 4.69) is 17.6 Å². The highest BCUT2D eigenvalue weighted by Gasteiger charge is 2.30. The molecular formula is C30H52N2O3S. The smallest absolute Gasteiger partial charge is 0.238 e. The summed E-state index contributed by atoms with van der Waals surface area (Å²) in [6, 6.07) is 5.79. The summed E-state index contributed by atoms with van der Waals surface area (Å²) in [4.78, 5) is 12.6. The van der Waals surface area contributed by atoms with E-state index >= 15 is 0 Å². The molecular weight excluding hydrogens is 468 g/mol.